The van der Waals surface area contributed by atoms with Crippen LogP contribution in [0.5, 0.6) is 0 Å². The van der Waals surface area contributed by atoms with E-state index in [9.17, 15) is 9.59 Å². The average Bonchev–Trinajstić information content (AvgIpc) is 2.98. The molecule has 2 aromatic rings. The Morgan fingerprint density at radius 1 is 1.09 bits per heavy atom. The first kappa shape index (κ1) is 15.3. The molecule has 1 aliphatic rings. The number of anilines is 1. The minimum atomic E-state index is -0.408. The summed E-state index contributed by atoms with van der Waals surface area (Å²) in [6.45, 7) is 2.22. The Morgan fingerprint density at radius 3 is 2.35 bits per heavy atom. The second kappa shape index (κ2) is 6.65. The molecule has 2 atom stereocenters. The quantitative estimate of drug-likeness (QED) is 0.814. The summed E-state index contributed by atoms with van der Waals surface area (Å²) in [6, 6.07) is 19.0. The van der Waals surface area contributed by atoms with E-state index in [1.165, 1.54) is 0 Å². The van der Waals surface area contributed by atoms with E-state index in [-0.39, 0.29) is 24.4 Å². The van der Waals surface area contributed by atoms with Gasteiger partial charge in [-0.1, -0.05) is 48.5 Å². The number of nitrogens with zero attached hydrogens (tertiary/aromatic N) is 1. The van der Waals surface area contributed by atoms with Crippen LogP contribution < -0.4 is 4.90 Å². The van der Waals surface area contributed by atoms with Gasteiger partial charge in [0.05, 0.1) is 5.92 Å². The molecule has 0 aromatic heterocycles. The maximum Gasteiger partial charge on any atom is 0.311 e. The van der Waals surface area contributed by atoms with Crippen molar-refractivity contribution >= 4 is 17.6 Å². The Kier molecular flexibility index (Phi) is 4.42. The van der Waals surface area contributed by atoms with Crippen LogP contribution in [0, 0.1) is 5.92 Å². The fraction of sp³-hybridized carbons (Fsp3) is 0.263. The largest absolute Gasteiger partial charge is 0.458 e. The lowest BCUT2D eigenvalue weighted by atomic mass is 10.1. The van der Waals surface area contributed by atoms with E-state index >= 15 is 0 Å². The highest BCUT2D eigenvalue weighted by atomic mass is 16.5. The van der Waals surface area contributed by atoms with Crippen LogP contribution in [0.3, 0.4) is 0 Å². The molecule has 2 aromatic carbocycles. The zero-order chi connectivity index (χ0) is 16.2. The van der Waals surface area contributed by atoms with Crippen LogP contribution in [0.4, 0.5) is 5.69 Å². The molecule has 0 N–H and O–H groups in total. The van der Waals surface area contributed by atoms with Gasteiger partial charge in [-0.2, -0.15) is 0 Å². The Hall–Kier alpha value is -2.62. The molecular weight excluding hydrogens is 290 g/mol. The predicted molar refractivity (Wildman–Crippen MR) is 87.9 cm³/mol. The van der Waals surface area contributed by atoms with Gasteiger partial charge in [0.1, 0.15) is 6.10 Å². The molecule has 0 radical (unpaired) electrons. The van der Waals surface area contributed by atoms with Crippen LogP contribution in [-0.4, -0.2) is 18.4 Å². The Bertz CT molecular complexity index is 684. The number of para-hydroxylation sites is 1. The van der Waals surface area contributed by atoms with E-state index < -0.39 is 5.92 Å². The molecule has 1 unspecified atom stereocenters. The van der Waals surface area contributed by atoms with Crippen molar-refractivity contribution in [3.8, 4) is 0 Å². The maximum absolute atomic E-state index is 12.4. The fourth-order valence-corrected chi connectivity index (χ4v) is 2.79. The van der Waals surface area contributed by atoms with Gasteiger partial charge in [-0.15, -0.1) is 0 Å². The SMILES string of the molecule is CC(OC(=O)[C@@H]1CC(=O)N(c2ccccc2)C1)c1ccccc1. The molecule has 1 amide bonds. The number of rotatable bonds is 4. The first-order valence-corrected chi connectivity index (χ1v) is 7.76. The first-order chi connectivity index (χ1) is 11.1. The van der Waals surface area contributed by atoms with E-state index in [0.29, 0.717) is 6.54 Å². The number of benzene rings is 2. The van der Waals surface area contributed by atoms with Gasteiger partial charge in [-0.05, 0) is 24.6 Å². The topological polar surface area (TPSA) is 46.6 Å². The van der Waals surface area contributed by atoms with Crippen LogP contribution in [0.2, 0.25) is 0 Å². The lowest BCUT2D eigenvalue weighted by Gasteiger charge is -2.18. The molecule has 4 heteroatoms. The van der Waals surface area contributed by atoms with E-state index in [1.807, 2.05) is 67.6 Å². The number of esters is 1. The normalized spacial score (nSPS) is 18.7. The zero-order valence-electron chi connectivity index (χ0n) is 13.0. The molecular formula is C19H19NO3. The summed E-state index contributed by atoms with van der Waals surface area (Å²) < 4.78 is 5.54. The van der Waals surface area contributed by atoms with Crippen LogP contribution in [0.25, 0.3) is 0 Å². The van der Waals surface area contributed by atoms with Gasteiger partial charge in [0.25, 0.3) is 0 Å². The lowest BCUT2D eigenvalue weighted by molar-refractivity contribution is -0.153. The van der Waals surface area contributed by atoms with Gasteiger partial charge in [0.2, 0.25) is 5.91 Å². The summed E-state index contributed by atoms with van der Waals surface area (Å²) in [4.78, 5) is 26.2. The summed E-state index contributed by atoms with van der Waals surface area (Å²) in [5, 5.41) is 0. The van der Waals surface area contributed by atoms with Crippen molar-refractivity contribution < 1.29 is 14.3 Å². The summed E-state index contributed by atoms with van der Waals surface area (Å²) in [5.41, 5.74) is 1.77. The van der Waals surface area contributed by atoms with Crippen LogP contribution in [0.1, 0.15) is 25.0 Å². The Balaban J connectivity index is 1.64. The van der Waals surface area contributed by atoms with E-state index in [1.54, 1.807) is 4.90 Å². The maximum atomic E-state index is 12.4. The highest BCUT2D eigenvalue weighted by Crippen LogP contribution is 2.27. The molecule has 23 heavy (non-hydrogen) atoms. The molecule has 0 saturated carbocycles. The summed E-state index contributed by atoms with van der Waals surface area (Å²) in [7, 11) is 0. The van der Waals surface area contributed by atoms with Gasteiger partial charge >= 0.3 is 5.97 Å². The molecule has 0 spiro atoms. The van der Waals surface area contributed by atoms with Crippen molar-refractivity contribution in [3.05, 3.63) is 66.2 Å². The predicted octanol–water partition coefficient (Wildman–Crippen LogP) is 3.34. The second-order valence-corrected chi connectivity index (χ2v) is 5.73. The molecule has 118 valence electrons. The number of carbonyl (C=O) groups is 2. The molecule has 0 aliphatic carbocycles. The number of hydrogen-bond donors (Lipinski definition) is 0. The highest BCUT2D eigenvalue weighted by molar-refractivity contribution is 5.99. The van der Waals surface area contributed by atoms with Crippen LogP contribution in [0.15, 0.2) is 60.7 Å². The third-order valence-electron chi connectivity index (χ3n) is 4.09. The van der Waals surface area contributed by atoms with Crippen LogP contribution in [-0.2, 0) is 14.3 Å². The minimum Gasteiger partial charge on any atom is -0.458 e. The monoisotopic (exact) mass is 309 g/mol. The summed E-state index contributed by atoms with van der Waals surface area (Å²) in [5.74, 6) is -0.757. The molecule has 1 fully saturated rings. The van der Waals surface area contributed by atoms with Gasteiger partial charge in [0.15, 0.2) is 0 Å². The fourth-order valence-electron chi connectivity index (χ4n) is 2.79. The number of ether oxygens (including phenoxy) is 1. The van der Waals surface area contributed by atoms with Crippen molar-refractivity contribution in [1.82, 2.24) is 0 Å². The van der Waals surface area contributed by atoms with E-state index in [0.717, 1.165) is 11.3 Å². The first-order valence-electron chi connectivity index (χ1n) is 7.76. The third-order valence-corrected chi connectivity index (χ3v) is 4.09. The van der Waals surface area contributed by atoms with Gasteiger partial charge in [0, 0.05) is 18.7 Å². The van der Waals surface area contributed by atoms with Crippen molar-refractivity contribution in [2.24, 2.45) is 5.92 Å². The lowest BCUT2D eigenvalue weighted by Crippen LogP contribution is -2.26. The average molecular weight is 309 g/mol. The van der Waals surface area contributed by atoms with Gasteiger partial charge in [-0.25, -0.2) is 0 Å². The molecule has 4 nitrogen and oxygen atoms in total. The van der Waals surface area contributed by atoms with Crippen molar-refractivity contribution in [2.75, 3.05) is 11.4 Å². The summed E-state index contributed by atoms with van der Waals surface area (Å²) in [6.07, 6.45) is -0.112. The minimum absolute atomic E-state index is 0.0366. The standard InChI is InChI=1S/C19H19NO3/c1-14(15-8-4-2-5-9-15)23-19(22)16-12-18(21)20(13-16)17-10-6-3-7-11-17/h2-11,14,16H,12-13H2,1H3/t14?,16-/m1/s1. The number of amides is 1. The van der Waals surface area contributed by atoms with Crippen molar-refractivity contribution in [3.63, 3.8) is 0 Å². The van der Waals surface area contributed by atoms with Crippen molar-refractivity contribution in [1.29, 1.82) is 0 Å². The van der Waals surface area contributed by atoms with E-state index in [2.05, 4.69) is 0 Å². The second-order valence-electron chi connectivity index (χ2n) is 5.73. The molecule has 1 saturated heterocycles. The number of hydrogen-bond acceptors (Lipinski definition) is 3. The Labute approximate surface area is 135 Å². The van der Waals surface area contributed by atoms with Gasteiger partial charge < -0.3 is 9.64 Å². The molecule has 1 heterocycles. The molecule has 3 rings (SSSR count). The summed E-state index contributed by atoms with van der Waals surface area (Å²) >= 11 is 0. The molecule has 0 bridgehead atoms. The third kappa shape index (κ3) is 3.42. The van der Waals surface area contributed by atoms with Crippen LogP contribution >= 0.6 is 0 Å². The highest BCUT2D eigenvalue weighted by Gasteiger charge is 2.36. The van der Waals surface area contributed by atoms with Gasteiger partial charge in [-0.3, -0.25) is 9.59 Å². The zero-order valence-corrected chi connectivity index (χ0v) is 13.0. The molecule has 1 aliphatic heterocycles. The Morgan fingerprint density at radius 2 is 1.70 bits per heavy atom. The smallest absolute Gasteiger partial charge is 0.311 e. The number of carbonyl (C=O) groups excluding carboxylic acids is 2. The van der Waals surface area contributed by atoms with Crippen molar-refractivity contribution in [2.45, 2.75) is 19.4 Å². The van der Waals surface area contributed by atoms with E-state index in [4.69, 9.17) is 4.74 Å².